The largest absolute Gasteiger partial charge is 0.356 e. The first-order chi connectivity index (χ1) is 6.86. The van der Waals surface area contributed by atoms with Crippen molar-refractivity contribution < 1.29 is 0 Å². The highest BCUT2D eigenvalue weighted by molar-refractivity contribution is 5.41. The number of anilines is 1. The Hall–Kier alpha value is -1.16. The normalized spacial score (nSPS) is 29.1. The average Bonchev–Trinajstić information content (AvgIpc) is 2.86. The van der Waals surface area contributed by atoms with Crippen LogP contribution in [0.1, 0.15) is 12.1 Å². The first-order valence-electron chi connectivity index (χ1n) is 5.13. The summed E-state index contributed by atoms with van der Waals surface area (Å²) in [4.78, 5) is 10.7. The van der Waals surface area contributed by atoms with E-state index in [1.54, 1.807) is 6.33 Å². The molecule has 4 nitrogen and oxygen atoms in total. The molecule has 74 valence electrons. The molecule has 2 atom stereocenters. The molecule has 0 bridgehead atoms. The second-order valence-electron chi connectivity index (χ2n) is 4.23. The van der Waals surface area contributed by atoms with Crippen molar-refractivity contribution in [3.8, 4) is 0 Å². The molecular weight excluding hydrogens is 176 g/mol. The molecule has 1 aliphatic heterocycles. The van der Waals surface area contributed by atoms with Gasteiger partial charge >= 0.3 is 0 Å². The van der Waals surface area contributed by atoms with E-state index in [1.807, 2.05) is 6.07 Å². The third-order valence-electron chi connectivity index (χ3n) is 3.22. The topological polar surface area (TPSA) is 55.0 Å². The maximum Gasteiger partial charge on any atom is 0.132 e. The third-order valence-corrected chi connectivity index (χ3v) is 3.22. The molecule has 1 aromatic heterocycles. The van der Waals surface area contributed by atoms with Crippen molar-refractivity contribution in [1.29, 1.82) is 0 Å². The van der Waals surface area contributed by atoms with E-state index in [4.69, 9.17) is 5.73 Å². The van der Waals surface area contributed by atoms with Crippen LogP contribution in [0, 0.1) is 11.8 Å². The maximum atomic E-state index is 5.54. The minimum Gasteiger partial charge on any atom is -0.356 e. The maximum absolute atomic E-state index is 5.54. The molecule has 14 heavy (non-hydrogen) atoms. The Morgan fingerprint density at radius 3 is 2.86 bits per heavy atom. The van der Waals surface area contributed by atoms with Crippen molar-refractivity contribution in [3.63, 3.8) is 0 Å². The minimum atomic E-state index is 0.496. The van der Waals surface area contributed by atoms with Crippen molar-refractivity contribution in [2.45, 2.75) is 13.0 Å². The molecule has 0 radical (unpaired) electrons. The van der Waals surface area contributed by atoms with E-state index >= 15 is 0 Å². The lowest BCUT2D eigenvalue weighted by Gasteiger charge is -2.18. The zero-order valence-corrected chi connectivity index (χ0v) is 8.06. The van der Waals surface area contributed by atoms with Crippen LogP contribution < -0.4 is 10.6 Å². The van der Waals surface area contributed by atoms with Crippen LogP contribution in [0.5, 0.6) is 0 Å². The number of piperidine rings is 1. The fraction of sp³-hybridized carbons (Fsp3) is 0.600. The molecule has 0 spiro atoms. The standard InChI is InChI=1S/C10H14N4/c11-3-9-2-10(13-6-12-9)14-4-7-1-8(7)5-14/h2,6-8H,1,3-5,11H2. The molecule has 3 rings (SSSR count). The summed E-state index contributed by atoms with van der Waals surface area (Å²) in [6.45, 7) is 2.84. The Morgan fingerprint density at radius 1 is 1.36 bits per heavy atom. The molecule has 2 fully saturated rings. The van der Waals surface area contributed by atoms with Gasteiger partial charge in [0, 0.05) is 25.7 Å². The van der Waals surface area contributed by atoms with E-state index in [2.05, 4.69) is 14.9 Å². The number of fused-ring (bicyclic) bond motifs is 1. The van der Waals surface area contributed by atoms with Crippen LogP contribution in [-0.4, -0.2) is 23.1 Å². The van der Waals surface area contributed by atoms with Crippen LogP contribution in [0.3, 0.4) is 0 Å². The summed E-state index contributed by atoms with van der Waals surface area (Å²) in [6.07, 6.45) is 3.03. The highest BCUT2D eigenvalue weighted by atomic mass is 15.2. The molecule has 0 aromatic carbocycles. The van der Waals surface area contributed by atoms with E-state index in [0.29, 0.717) is 6.54 Å². The SMILES string of the molecule is NCc1cc(N2CC3CC3C2)ncn1. The van der Waals surface area contributed by atoms with Gasteiger partial charge in [0.1, 0.15) is 12.1 Å². The molecule has 2 N–H and O–H groups in total. The van der Waals surface area contributed by atoms with Crippen molar-refractivity contribution in [2.24, 2.45) is 17.6 Å². The summed E-state index contributed by atoms with van der Waals surface area (Å²) in [5.74, 6) is 2.92. The number of hydrogen-bond donors (Lipinski definition) is 1. The minimum absolute atomic E-state index is 0.496. The van der Waals surface area contributed by atoms with Crippen LogP contribution in [-0.2, 0) is 6.54 Å². The molecule has 1 saturated heterocycles. The number of rotatable bonds is 2. The molecule has 0 amide bonds. The summed E-state index contributed by atoms with van der Waals surface area (Å²) in [6, 6.07) is 2.00. The lowest BCUT2D eigenvalue weighted by Crippen LogP contribution is -2.23. The van der Waals surface area contributed by atoms with Gasteiger partial charge in [-0.25, -0.2) is 9.97 Å². The van der Waals surface area contributed by atoms with Gasteiger partial charge in [-0.2, -0.15) is 0 Å². The molecule has 2 aliphatic rings. The Morgan fingerprint density at radius 2 is 2.14 bits per heavy atom. The number of nitrogens with zero attached hydrogens (tertiary/aromatic N) is 3. The van der Waals surface area contributed by atoms with E-state index in [1.165, 1.54) is 19.5 Å². The van der Waals surface area contributed by atoms with Gasteiger partial charge in [-0.05, 0) is 18.3 Å². The highest BCUT2D eigenvalue weighted by Gasteiger charge is 2.45. The van der Waals surface area contributed by atoms with Crippen LogP contribution in [0.15, 0.2) is 12.4 Å². The van der Waals surface area contributed by atoms with Gasteiger partial charge in [-0.1, -0.05) is 0 Å². The van der Waals surface area contributed by atoms with Gasteiger partial charge in [-0.15, -0.1) is 0 Å². The molecule has 1 aliphatic carbocycles. The summed E-state index contributed by atoms with van der Waals surface area (Å²) in [7, 11) is 0. The first kappa shape index (κ1) is 8.17. The Balaban J connectivity index is 1.81. The van der Waals surface area contributed by atoms with Crippen molar-refractivity contribution in [2.75, 3.05) is 18.0 Å². The molecule has 2 unspecified atom stereocenters. The fourth-order valence-electron chi connectivity index (χ4n) is 2.26. The predicted octanol–water partition coefficient (Wildman–Crippen LogP) is 0.391. The number of hydrogen-bond acceptors (Lipinski definition) is 4. The van der Waals surface area contributed by atoms with Crippen LogP contribution in [0.25, 0.3) is 0 Å². The van der Waals surface area contributed by atoms with E-state index in [0.717, 1.165) is 23.3 Å². The van der Waals surface area contributed by atoms with Crippen molar-refractivity contribution >= 4 is 5.82 Å². The predicted molar refractivity (Wildman–Crippen MR) is 53.7 cm³/mol. The zero-order chi connectivity index (χ0) is 9.54. The van der Waals surface area contributed by atoms with Crippen LogP contribution >= 0.6 is 0 Å². The fourth-order valence-corrected chi connectivity index (χ4v) is 2.26. The molecule has 2 heterocycles. The highest BCUT2D eigenvalue weighted by Crippen LogP contribution is 2.45. The first-order valence-corrected chi connectivity index (χ1v) is 5.13. The molecule has 4 heteroatoms. The van der Waals surface area contributed by atoms with Gasteiger partial charge in [0.05, 0.1) is 5.69 Å². The van der Waals surface area contributed by atoms with Gasteiger partial charge in [0.2, 0.25) is 0 Å². The summed E-state index contributed by atoms with van der Waals surface area (Å²) in [5.41, 5.74) is 6.47. The average molecular weight is 190 g/mol. The van der Waals surface area contributed by atoms with E-state index in [-0.39, 0.29) is 0 Å². The third kappa shape index (κ3) is 1.26. The Kier molecular flexibility index (Phi) is 1.70. The summed E-state index contributed by atoms with van der Waals surface area (Å²) >= 11 is 0. The molecule has 1 aromatic rings. The zero-order valence-electron chi connectivity index (χ0n) is 8.06. The quantitative estimate of drug-likeness (QED) is 0.733. The molecule has 1 saturated carbocycles. The van der Waals surface area contributed by atoms with Crippen molar-refractivity contribution in [1.82, 2.24) is 9.97 Å². The smallest absolute Gasteiger partial charge is 0.132 e. The number of nitrogens with two attached hydrogens (primary N) is 1. The lowest BCUT2D eigenvalue weighted by atomic mass is 10.3. The Bertz CT molecular complexity index is 342. The van der Waals surface area contributed by atoms with Gasteiger partial charge < -0.3 is 10.6 Å². The van der Waals surface area contributed by atoms with Crippen LogP contribution in [0.2, 0.25) is 0 Å². The van der Waals surface area contributed by atoms with Gasteiger partial charge in [0.15, 0.2) is 0 Å². The second kappa shape index (κ2) is 2.92. The second-order valence-corrected chi connectivity index (χ2v) is 4.23. The summed E-state index contributed by atoms with van der Waals surface area (Å²) < 4.78 is 0. The van der Waals surface area contributed by atoms with Crippen molar-refractivity contribution in [3.05, 3.63) is 18.1 Å². The van der Waals surface area contributed by atoms with Gasteiger partial charge in [-0.3, -0.25) is 0 Å². The van der Waals surface area contributed by atoms with E-state index in [9.17, 15) is 0 Å². The van der Waals surface area contributed by atoms with Gasteiger partial charge in [0.25, 0.3) is 0 Å². The Labute approximate surface area is 83.1 Å². The number of aromatic nitrogens is 2. The van der Waals surface area contributed by atoms with E-state index < -0.39 is 0 Å². The molecular formula is C10H14N4. The van der Waals surface area contributed by atoms with Crippen LogP contribution in [0.4, 0.5) is 5.82 Å². The monoisotopic (exact) mass is 190 g/mol. The lowest BCUT2D eigenvalue weighted by molar-refractivity contribution is 0.797. The summed E-state index contributed by atoms with van der Waals surface area (Å²) in [5, 5.41) is 0.